The second-order valence-corrected chi connectivity index (χ2v) is 11.0. The van der Waals surface area contributed by atoms with Gasteiger partial charge in [0.1, 0.15) is 0 Å². The Kier molecular flexibility index (Phi) is 9.56. The largest absolute Gasteiger partial charge is 0.478 e. The van der Waals surface area contributed by atoms with Crippen molar-refractivity contribution in [3.05, 3.63) is 129 Å². The van der Waals surface area contributed by atoms with Gasteiger partial charge in [-0.25, -0.2) is 19.2 Å². The Morgan fingerprint density at radius 2 is 0.978 bits per heavy atom. The van der Waals surface area contributed by atoms with Gasteiger partial charge in [0.15, 0.2) is 0 Å². The summed E-state index contributed by atoms with van der Waals surface area (Å²) in [5, 5.41) is 20.1. The Hall–Kier alpha value is -5.06. The van der Waals surface area contributed by atoms with Gasteiger partial charge in [0.25, 0.3) is 0 Å². The monoisotopic (exact) mass is 648 g/mol. The van der Waals surface area contributed by atoms with E-state index in [9.17, 15) is 29.4 Å². The number of anilines is 2. The number of rotatable bonds is 7. The highest BCUT2D eigenvalue weighted by molar-refractivity contribution is 6.31. The molecular formula is C33H26Cl2N2O8. The van der Waals surface area contributed by atoms with E-state index in [1.165, 1.54) is 71.0 Å². The molecule has 6 rings (SSSR count). The lowest BCUT2D eigenvalue weighted by atomic mass is 10.0. The van der Waals surface area contributed by atoms with Gasteiger partial charge in [-0.1, -0.05) is 59.6 Å². The van der Waals surface area contributed by atoms with Gasteiger partial charge in [-0.15, -0.1) is 0 Å². The Morgan fingerprint density at radius 1 is 0.600 bits per heavy atom. The summed E-state index contributed by atoms with van der Waals surface area (Å²) in [4.78, 5) is 51.6. The molecule has 12 heteroatoms. The average molecular weight is 649 g/mol. The van der Waals surface area contributed by atoms with Crippen LogP contribution in [0.1, 0.15) is 31.8 Å². The fraction of sp³-hybridized carbons (Fsp3) is 0.152. The molecule has 230 valence electrons. The van der Waals surface area contributed by atoms with Gasteiger partial charge in [0, 0.05) is 34.5 Å². The summed E-state index contributed by atoms with van der Waals surface area (Å²) in [6.45, 7) is 2.74. The number of benzene rings is 4. The van der Waals surface area contributed by atoms with Crippen molar-refractivity contribution in [3.63, 3.8) is 0 Å². The van der Waals surface area contributed by atoms with E-state index in [-0.39, 0.29) is 11.1 Å². The minimum atomic E-state index is -2.21. The first-order valence-corrected chi connectivity index (χ1v) is 14.4. The van der Waals surface area contributed by atoms with Crippen molar-refractivity contribution in [2.75, 3.05) is 16.5 Å². The van der Waals surface area contributed by atoms with Crippen LogP contribution in [0.2, 0.25) is 10.0 Å². The number of halogens is 2. The number of ether oxygens (including phenoxy) is 2. The predicted octanol–water partition coefficient (Wildman–Crippen LogP) is 5.90. The zero-order valence-corrected chi connectivity index (χ0v) is 25.0. The third kappa shape index (κ3) is 7.36. The average Bonchev–Trinajstić information content (AvgIpc) is 3.03. The van der Waals surface area contributed by atoms with Crippen LogP contribution in [0.15, 0.2) is 97.1 Å². The predicted molar refractivity (Wildman–Crippen MR) is 167 cm³/mol. The van der Waals surface area contributed by atoms with E-state index in [0.717, 1.165) is 29.8 Å². The Bertz CT molecular complexity index is 1610. The highest BCUT2D eigenvalue weighted by atomic mass is 35.5. The molecule has 0 aliphatic carbocycles. The van der Waals surface area contributed by atoms with Crippen molar-refractivity contribution in [2.24, 2.45) is 0 Å². The van der Waals surface area contributed by atoms with Gasteiger partial charge in [-0.3, -0.25) is 0 Å². The number of aliphatic carboxylic acids is 2. The molecule has 2 N–H and O–H groups in total. The molecule has 0 amide bonds. The summed E-state index contributed by atoms with van der Waals surface area (Å²) in [6, 6.07) is 27.1. The quantitative estimate of drug-likeness (QED) is 0.233. The van der Waals surface area contributed by atoms with E-state index in [1.807, 2.05) is 12.1 Å². The molecule has 0 radical (unpaired) electrons. The number of carboxylic acid groups (broad SMARTS) is 2. The van der Waals surface area contributed by atoms with Gasteiger partial charge in [-0.2, -0.15) is 0 Å². The number of hydrogen-bond donors (Lipinski definition) is 2. The molecular weight excluding hydrogens is 623 g/mol. The van der Waals surface area contributed by atoms with Crippen LogP contribution >= 0.6 is 23.2 Å². The Balaban J connectivity index is 0.000000185. The van der Waals surface area contributed by atoms with Gasteiger partial charge >= 0.3 is 23.9 Å². The highest BCUT2D eigenvalue weighted by Gasteiger charge is 2.41. The highest BCUT2D eigenvalue weighted by Crippen LogP contribution is 2.39. The molecule has 2 aliphatic rings. The van der Waals surface area contributed by atoms with Crippen LogP contribution in [-0.4, -0.2) is 53.0 Å². The van der Waals surface area contributed by atoms with E-state index in [1.54, 1.807) is 12.1 Å². The maximum atomic E-state index is 12.0. The van der Waals surface area contributed by atoms with E-state index in [0.29, 0.717) is 0 Å². The fourth-order valence-electron chi connectivity index (χ4n) is 5.02. The van der Waals surface area contributed by atoms with Crippen molar-refractivity contribution >= 4 is 58.5 Å². The van der Waals surface area contributed by atoms with E-state index >= 15 is 0 Å². The smallest absolute Gasteiger partial charge is 0.349 e. The Labute approximate surface area is 267 Å². The van der Waals surface area contributed by atoms with Gasteiger partial charge in [0.05, 0.1) is 17.8 Å². The number of esters is 2. The lowest BCUT2D eigenvalue weighted by Gasteiger charge is -2.44. The number of carboxylic acids is 2. The van der Waals surface area contributed by atoms with Crippen LogP contribution in [0.25, 0.3) is 0 Å². The topological polar surface area (TPSA) is 134 Å². The molecule has 0 saturated carbocycles. The van der Waals surface area contributed by atoms with Gasteiger partial charge in [0.2, 0.25) is 12.2 Å². The molecule has 2 atom stereocenters. The summed E-state index contributed by atoms with van der Waals surface area (Å²) < 4.78 is 9.52. The first-order valence-electron chi connectivity index (χ1n) is 13.6. The molecule has 2 heterocycles. The maximum Gasteiger partial charge on any atom is 0.349 e. The summed E-state index contributed by atoms with van der Waals surface area (Å²) in [5.41, 5.74) is 5.20. The number of carbonyl (C=O) groups is 4. The SMILES string of the molecule is Clc1ccc2c(c1)CN1CN2Cc2cc(Cl)ccc21.O=C(O[C@H](C(=O)O)[C@H](OC(=O)c1ccccc1)C(=O)O)c1ccccc1. The normalized spacial score (nSPS) is 14.0. The van der Waals surface area contributed by atoms with Crippen molar-refractivity contribution in [1.29, 1.82) is 0 Å². The molecule has 2 bridgehead atoms. The van der Waals surface area contributed by atoms with E-state index in [2.05, 4.69) is 34.1 Å². The van der Waals surface area contributed by atoms with Gasteiger partial charge in [-0.05, 0) is 71.8 Å². The molecule has 10 nitrogen and oxygen atoms in total. The number of carbonyl (C=O) groups excluding carboxylic acids is 2. The fourth-order valence-corrected chi connectivity index (χ4v) is 5.41. The molecule has 45 heavy (non-hydrogen) atoms. The lowest BCUT2D eigenvalue weighted by molar-refractivity contribution is -0.166. The maximum absolute atomic E-state index is 12.0. The zero-order valence-electron chi connectivity index (χ0n) is 23.5. The molecule has 0 saturated heterocycles. The van der Waals surface area contributed by atoms with E-state index in [4.69, 9.17) is 32.7 Å². The van der Waals surface area contributed by atoms with Gasteiger partial charge < -0.3 is 29.5 Å². The van der Waals surface area contributed by atoms with Crippen molar-refractivity contribution in [2.45, 2.75) is 25.3 Å². The molecule has 0 aromatic heterocycles. The van der Waals surface area contributed by atoms with Crippen LogP contribution in [0, 0.1) is 0 Å². The Morgan fingerprint density at radius 3 is 1.33 bits per heavy atom. The van der Waals surface area contributed by atoms with Crippen LogP contribution in [0.3, 0.4) is 0 Å². The summed E-state index contributed by atoms with van der Waals surface area (Å²) >= 11 is 12.2. The standard InChI is InChI=1S/C18H14O8.C15H12Cl2N2/c19-15(20)13(25-17(23)11-7-3-1-4-8-11)14(16(21)22)26-18(24)12-9-5-2-6-10-12;16-12-1-3-14-10(5-12)7-19-9-18(14)8-11-6-13(17)2-4-15(11)19/h1-10,13-14H,(H,19,20)(H,21,22);1-6H,7-9H2/t13-,14-;/m0./s1. The summed E-state index contributed by atoms with van der Waals surface area (Å²) in [7, 11) is 0. The first kappa shape index (κ1) is 31.4. The minimum Gasteiger partial charge on any atom is -0.478 e. The number of nitrogens with zero attached hydrogens (tertiary/aromatic N) is 2. The molecule has 4 aromatic rings. The second kappa shape index (κ2) is 13.7. The van der Waals surface area contributed by atoms with Crippen LogP contribution in [0.5, 0.6) is 0 Å². The van der Waals surface area contributed by atoms with Crippen molar-refractivity contribution < 1.29 is 38.9 Å². The van der Waals surface area contributed by atoms with Crippen LogP contribution < -0.4 is 9.80 Å². The molecule has 0 spiro atoms. The van der Waals surface area contributed by atoms with Crippen molar-refractivity contribution in [1.82, 2.24) is 0 Å². The zero-order chi connectivity index (χ0) is 32.1. The third-order valence-electron chi connectivity index (χ3n) is 7.08. The number of fused-ring (bicyclic) bond motifs is 6. The molecule has 2 aliphatic heterocycles. The van der Waals surface area contributed by atoms with E-state index < -0.39 is 36.1 Å². The van der Waals surface area contributed by atoms with Crippen molar-refractivity contribution in [3.8, 4) is 0 Å². The third-order valence-corrected chi connectivity index (χ3v) is 7.55. The summed E-state index contributed by atoms with van der Waals surface area (Å²) in [6.07, 6.45) is -4.43. The summed E-state index contributed by atoms with van der Waals surface area (Å²) in [5.74, 6) is -5.63. The molecule has 4 aromatic carbocycles. The molecule has 0 fully saturated rings. The lowest BCUT2D eigenvalue weighted by Crippen LogP contribution is -2.46. The van der Waals surface area contributed by atoms with Crippen LogP contribution in [-0.2, 0) is 32.2 Å². The molecule has 0 unspecified atom stereocenters. The first-order chi connectivity index (χ1) is 21.6. The second-order valence-electron chi connectivity index (χ2n) is 10.1. The minimum absolute atomic E-state index is 0.0253. The van der Waals surface area contributed by atoms with Crippen LogP contribution in [0.4, 0.5) is 11.4 Å². The number of hydrogen-bond acceptors (Lipinski definition) is 8.